The van der Waals surface area contributed by atoms with Gasteiger partial charge in [-0.3, -0.25) is 11.3 Å². The fourth-order valence-corrected chi connectivity index (χ4v) is 3.33. The van der Waals surface area contributed by atoms with Crippen LogP contribution in [0.25, 0.3) is 0 Å². The van der Waals surface area contributed by atoms with Crippen molar-refractivity contribution in [3.63, 3.8) is 0 Å². The van der Waals surface area contributed by atoms with Gasteiger partial charge in [0.2, 0.25) is 0 Å². The highest BCUT2D eigenvalue weighted by atomic mass is 15.2. The number of nitrogens with one attached hydrogen (secondary N) is 1. The fraction of sp³-hybridized carbons (Fsp3) is 0.833. The lowest BCUT2D eigenvalue weighted by molar-refractivity contribution is 0.436. The van der Waals surface area contributed by atoms with Crippen molar-refractivity contribution in [2.75, 3.05) is 0 Å². The second-order valence-corrected chi connectivity index (χ2v) is 5.12. The van der Waals surface area contributed by atoms with Crippen molar-refractivity contribution in [3.8, 4) is 0 Å². The molecule has 14 heavy (non-hydrogen) atoms. The van der Waals surface area contributed by atoms with Gasteiger partial charge in [-0.25, -0.2) is 0 Å². The van der Waals surface area contributed by atoms with Crippen LogP contribution < -0.4 is 11.3 Å². The Morgan fingerprint density at radius 3 is 2.43 bits per heavy atom. The highest BCUT2D eigenvalue weighted by molar-refractivity contribution is 5.07. The van der Waals surface area contributed by atoms with Crippen LogP contribution in [0.1, 0.15) is 39.0 Å². The maximum absolute atomic E-state index is 5.63. The molecule has 0 aromatic rings. The summed E-state index contributed by atoms with van der Waals surface area (Å²) in [6.45, 7) is 6.07. The number of nitrogens with two attached hydrogens (primary N) is 1. The van der Waals surface area contributed by atoms with Crippen LogP contribution in [-0.4, -0.2) is 6.04 Å². The SMILES string of the molecule is C=C(C)CC(NN)C1C2CCCCC21. The van der Waals surface area contributed by atoms with Crippen molar-refractivity contribution in [1.29, 1.82) is 0 Å². The number of rotatable bonds is 4. The van der Waals surface area contributed by atoms with Crippen molar-refractivity contribution in [2.24, 2.45) is 23.6 Å². The molecule has 0 radical (unpaired) electrons. The van der Waals surface area contributed by atoms with Gasteiger partial charge in [-0.2, -0.15) is 0 Å². The molecular weight excluding hydrogens is 172 g/mol. The number of hydrogen-bond donors (Lipinski definition) is 2. The highest BCUT2D eigenvalue weighted by Crippen LogP contribution is 2.57. The zero-order valence-corrected chi connectivity index (χ0v) is 9.13. The summed E-state index contributed by atoms with van der Waals surface area (Å²) in [5.74, 6) is 8.42. The fourth-order valence-electron chi connectivity index (χ4n) is 3.33. The van der Waals surface area contributed by atoms with E-state index >= 15 is 0 Å². The van der Waals surface area contributed by atoms with Gasteiger partial charge in [-0.15, -0.1) is 6.58 Å². The number of hydrogen-bond acceptors (Lipinski definition) is 2. The molecule has 3 N–H and O–H groups in total. The topological polar surface area (TPSA) is 38.0 Å². The number of fused-ring (bicyclic) bond motifs is 1. The molecule has 3 unspecified atom stereocenters. The molecule has 2 fully saturated rings. The highest BCUT2D eigenvalue weighted by Gasteiger charge is 2.53. The zero-order valence-electron chi connectivity index (χ0n) is 9.13. The van der Waals surface area contributed by atoms with E-state index in [2.05, 4.69) is 18.9 Å². The van der Waals surface area contributed by atoms with Crippen LogP contribution in [-0.2, 0) is 0 Å². The van der Waals surface area contributed by atoms with Gasteiger partial charge in [0.1, 0.15) is 0 Å². The molecule has 2 heteroatoms. The molecule has 0 saturated heterocycles. The normalized spacial score (nSPS) is 37.4. The van der Waals surface area contributed by atoms with Crippen LogP contribution in [0.2, 0.25) is 0 Å². The summed E-state index contributed by atoms with van der Waals surface area (Å²) in [6.07, 6.45) is 6.78. The van der Waals surface area contributed by atoms with Crippen LogP contribution in [0.15, 0.2) is 12.2 Å². The van der Waals surface area contributed by atoms with Crippen LogP contribution in [0.3, 0.4) is 0 Å². The molecule has 0 aromatic heterocycles. The van der Waals surface area contributed by atoms with Crippen LogP contribution in [0.5, 0.6) is 0 Å². The Morgan fingerprint density at radius 2 is 2.00 bits per heavy atom. The molecule has 2 nitrogen and oxygen atoms in total. The minimum atomic E-state index is 0.487. The lowest BCUT2D eigenvalue weighted by Gasteiger charge is -2.15. The smallest absolute Gasteiger partial charge is 0.0281 e. The van der Waals surface area contributed by atoms with E-state index < -0.39 is 0 Å². The third kappa shape index (κ3) is 1.86. The number of hydrazine groups is 1. The van der Waals surface area contributed by atoms with Gasteiger partial charge in [0, 0.05) is 6.04 Å². The maximum Gasteiger partial charge on any atom is 0.0281 e. The van der Waals surface area contributed by atoms with Crippen molar-refractivity contribution >= 4 is 0 Å². The van der Waals surface area contributed by atoms with Crippen molar-refractivity contribution in [1.82, 2.24) is 5.43 Å². The zero-order chi connectivity index (χ0) is 10.1. The van der Waals surface area contributed by atoms with Crippen molar-refractivity contribution < 1.29 is 0 Å². The van der Waals surface area contributed by atoms with Gasteiger partial charge < -0.3 is 0 Å². The van der Waals surface area contributed by atoms with Gasteiger partial charge >= 0.3 is 0 Å². The monoisotopic (exact) mass is 194 g/mol. The Morgan fingerprint density at radius 1 is 1.43 bits per heavy atom. The quantitative estimate of drug-likeness (QED) is 0.409. The first-order valence-corrected chi connectivity index (χ1v) is 5.84. The van der Waals surface area contributed by atoms with Gasteiger partial charge in [-0.05, 0) is 43.9 Å². The van der Waals surface area contributed by atoms with Crippen LogP contribution >= 0.6 is 0 Å². The summed E-state index contributed by atoms with van der Waals surface area (Å²) in [6, 6.07) is 0.487. The summed E-state index contributed by atoms with van der Waals surface area (Å²) >= 11 is 0. The molecule has 2 aliphatic carbocycles. The summed E-state index contributed by atoms with van der Waals surface area (Å²) in [4.78, 5) is 0. The lowest BCUT2D eigenvalue weighted by atomic mass is 10.0. The predicted molar refractivity (Wildman–Crippen MR) is 59.5 cm³/mol. The predicted octanol–water partition coefficient (Wildman–Crippen LogP) is 2.22. The third-order valence-corrected chi connectivity index (χ3v) is 3.97. The standard InChI is InChI=1S/C12H22N2/c1-8(2)7-11(14-13)12-9-5-3-4-6-10(9)12/h9-12,14H,1,3-7,13H2,2H3. The summed E-state index contributed by atoms with van der Waals surface area (Å²) < 4.78 is 0. The molecule has 2 saturated carbocycles. The van der Waals surface area contributed by atoms with E-state index in [1.54, 1.807) is 0 Å². The van der Waals surface area contributed by atoms with E-state index in [1.165, 1.54) is 31.3 Å². The molecule has 0 aliphatic heterocycles. The molecule has 2 rings (SSSR count). The molecule has 0 heterocycles. The lowest BCUT2D eigenvalue weighted by Crippen LogP contribution is -2.37. The first-order chi connectivity index (χ1) is 6.74. The molecule has 0 bridgehead atoms. The molecular formula is C12H22N2. The van der Waals surface area contributed by atoms with Gasteiger partial charge in [0.25, 0.3) is 0 Å². The second kappa shape index (κ2) is 4.03. The molecule has 2 aliphatic rings. The molecule has 3 atom stereocenters. The Labute approximate surface area is 86.9 Å². The largest absolute Gasteiger partial charge is 0.271 e. The van der Waals surface area contributed by atoms with E-state index in [9.17, 15) is 0 Å². The first kappa shape index (κ1) is 10.2. The van der Waals surface area contributed by atoms with Crippen molar-refractivity contribution in [2.45, 2.75) is 45.1 Å². The average Bonchev–Trinajstić information content (AvgIpc) is 2.88. The van der Waals surface area contributed by atoms with Gasteiger partial charge in [0.15, 0.2) is 0 Å². The molecule has 0 aromatic carbocycles. The van der Waals surface area contributed by atoms with E-state index in [-0.39, 0.29) is 0 Å². The molecule has 0 amide bonds. The van der Waals surface area contributed by atoms with Crippen LogP contribution in [0.4, 0.5) is 0 Å². The van der Waals surface area contributed by atoms with E-state index in [0.29, 0.717) is 6.04 Å². The van der Waals surface area contributed by atoms with Gasteiger partial charge in [0.05, 0.1) is 0 Å². The van der Waals surface area contributed by atoms with E-state index in [4.69, 9.17) is 5.84 Å². The summed E-state index contributed by atoms with van der Waals surface area (Å²) in [5.41, 5.74) is 4.24. The Balaban J connectivity index is 1.90. The minimum Gasteiger partial charge on any atom is -0.271 e. The van der Waals surface area contributed by atoms with Crippen molar-refractivity contribution in [3.05, 3.63) is 12.2 Å². The maximum atomic E-state index is 5.63. The summed E-state index contributed by atoms with van der Waals surface area (Å²) in [5, 5.41) is 0. The van der Waals surface area contributed by atoms with Gasteiger partial charge in [-0.1, -0.05) is 18.4 Å². The Hall–Kier alpha value is -0.340. The second-order valence-electron chi connectivity index (χ2n) is 5.12. The summed E-state index contributed by atoms with van der Waals surface area (Å²) in [7, 11) is 0. The van der Waals surface area contributed by atoms with E-state index in [1.807, 2.05) is 0 Å². The van der Waals surface area contributed by atoms with Crippen LogP contribution in [0, 0.1) is 17.8 Å². The molecule has 0 spiro atoms. The third-order valence-electron chi connectivity index (χ3n) is 3.97. The Kier molecular flexibility index (Phi) is 2.93. The Bertz CT molecular complexity index is 212. The first-order valence-electron chi connectivity index (χ1n) is 5.84. The van der Waals surface area contributed by atoms with E-state index in [0.717, 1.165) is 24.2 Å². The minimum absolute atomic E-state index is 0.487. The molecule has 80 valence electrons. The average molecular weight is 194 g/mol.